The van der Waals surface area contributed by atoms with Gasteiger partial charge in [-0.2, -0.15) is 0 Å². The number of aliphatic carboxylic acids is 1. The lowest BCUT2D eigenvalue weighted by molar-refractivity contribution is -0.136. The van der Waals surface area contributed by atoms with Crippen LogP contribution in [0, 0.1) is 0 Å². The summed E-state index contributed by atoms with van der Waals surface area (Å²) in [6.45, 7) is 0.239. The van der Waals surface area contributed by atoms with Crippen molar-refractivity contribution in [2.45, 2.75) is 43.8 Å². The van der Waals surface area contributed by atoms with Crippen molar-refractivity contribution >= 4 is 33.5 Å². The Morgan fingerprint density at radius 3 is 2.76 bits per heavy atom. The summed E-state index contributed by atoms with van der Waals surface area (Å²) < 4.78 is 0. The maximum atomic E-state index is 11.3. The zero-order chi connectivity index (χ0) is 12.5. The Hall–Kier alpha value is -0.360. The third kappa shape index (κ3) is 7.54. The lowest BCUT2D eigenvalue weighted by atomic mass is 10.1. The van der Waals surface area contributed by atoms with Gasteiger partial charge in [0, 0.05) is 24.0 Å². The number of carbonyl (C=O) groups is 2. The molecule has 0 saturated carbocycles. The average molecular weight is 277 g/mol. The van der Waals surface area contributed by atoms with Gasteiger partial charge in [-0.25, -0.2) is 0 Å². The smallest absolute Gasteiger partial charge is 0.305 e. The lowest BCUT2D eigenvalue weighted by Crippen LogP contribution is -2.25. The number of amides is 1. The summed E-state index contributed by atoms with van der Waals surface area (Å²) >= 11 is 0. The van der Waals surface area contributed by atoms with E-state index in [0.29, 0.717) is 6.42 Å². The average Bonchev–Trinajstić information content (AvgIpc) is 2.76. The van der Waals surface area contributed by atoms with E-state index in [1.54, 1.807) is 0 Å². The largest absolute Gasteiger partial charge is 0.481 e. The minimum atomic E-state index is -0.874. The van der Waals surface area contributed by atoms with Crippen LogP contribution in [0.15, 0.2) is 0 Å². The van der Waals surface area contributed by atoms with Gasteiger partial charge in [0.1, 0.15) is 0 Å². The molecule has 6 heteroatoms. The van der Waals surface area contributed by atoms with Crippen molar-refractivity contribution < 1.29 is 14.7 Å². The normalized spacial score (nSPS) is 19.2. The van der Waals surface area contributed by atoms with E-state index in [0.717, 1.165) is 18.1 Å². The maximum absolute atomic E-state index is 11.3. The molecule has 1 heterocycles. The van der Waals surface area contributed by atoms with Crippen LogP contribution in [0.2, 0.25) is 0 Å². The molecule has 1 aliphatic rings. The van der Waals surface area contributed by atoms with Crippen LogP contribution in [0.4, 0.5) is 0 Å². The summed E-state index contributed by atoms with van der Waals surface area (Å²) in [5, 5.41) is 11.8. The van der Waals surface area contributed by atoms with Gasteiger partial charge < -0.3 is 10.4 Å². The maximum Gasteiger partial charge on any atom is 0.305 e. The first-order valence-corrected chi connectivity index (χ1v) is 8.33. The predicted molar refractivity (Wildman–Crippen MR) is 72.2 cm³/mol. The fraction of sp³-hybridized carbons (Fsp3) is 0.818. The Bertz CT molecular complexity index is 255. The predicted octanol–water partition coefficient (Wildman–Crippen LogP) is 2.29. The van der Waals surface area contributed by atoms with Crippen LogP contribution in [-0.4, -0.2) is 34.5 Å². The van der Waals surface area contributed by atoms with E-state index in [2.05, 4.69) is 5.32 Å². The minimum Gasteiger partial charge on any atom is -0.481 e. The molecular formula is C11H19NO3S2. The molecule has 0 unspecified atom stereocenters. The highest BCUT2D eigenvalue weighted by atomic mass is 33.1. The van der Waals surface area contributed by atoms with Crippen molar-refractivity contribution in [1.82, 2.24) is 5.32 Å². The molecule has 4 nitrogen and oxygen atoms in total. The van der Waals surface area contributed by atoms with Gasteiger partial charge in [0.2, 0.25) is 5.91 Å². The molecule has 1 amide bonds. The SMILES string of the molecule is O=C(O)CCNC(=O)CCCC[C@@H]1CCSS1. The van der Waals surface area contributed by atoms with Gasteiger partial charge in [0.15, 0.2) is 0 Å². The molecule has 0 aromatic carbocycles. The third-order valence-corrected chi connectivity index (χ3v) is 5.58. The summed E-state index contributed by atoms with van der Waals surface area (Å²) in [6.07, 6.45) is 5.00. The molecule has 0 radical (unpaired) electrons. The van der Waals surface area contributed by atoms with Crippen LogP contribution < -0.4 is 5.32 Å². The molecule has 17 heavy (non-hydrogen) atoms. The molecule has 0 aliphatic carbocycles. The van der Waals surface area contributed by atoms with Gasteiger partial charge in [-0.1, -0.05) is 28.0 Å². The van der Waals surface area contributed by atoms with E-state index in [4.69, 9.17) is 5.11 Å². The number of carboxylic acids is 1. The Labute approximate surface area is 110 Å². The minimum absolute atomic E-state index is 0.00166. The summed E-state index contributed by atoms with van der Waals surface area (Å²) in [5.41, 5.74) is 0. The molecule has 0 bridgehead atoms. The molecule has 0 aromatic rings. The number of rotatable bonds is 8. The molecular weight excluding hydrogens is 258 g/mol. The summed E-state index contributed by atoms with van der Waals surface area (Å²) in [7, 11) is 3.91. The summed E-state index contributed by atoms with van der Waals surface area (Å²) in [6, 6.07) is 0. The van der Waals surface area contributed by atoms with Crippen LogP contribution in [0.5, 0.6) is 0 Å². The van der Waals surface area contributed by atoms with Crippen molar-refractivity contribution in [2.75, 3.05) is 12.3 Å². The van der Waals surface area contributed by atoms with Crippen LogP contribution in [-0.2, 0) is 9.59 Å². The van der Waals surface area contributed by atoms with Gasteiger partial charge in [0.25, 0.3) is 0 Å². The molecule has 1 fully saturated rings. The highest BCUT2D eigenvalue weighted by Gasteiger charge is 2.15. The number of hydrogen-bond acceptors (Lipinski definition) is 4. The van der Waals surface area contributed by atoms with Gasteiger partial charge >= 0.3 is 5.97 Å². The van der Waals surface area contributed by atoms with E-state index in [-0.39, 0.29) is 18.9 Å². The molecule has 0 spiro atoms. The van der Waals surface area contributed by atoms with E-state index in [9.17, 15) is 9.59 Å². The van der Waals surface area contributed by atoms with E-state index in [1.807, 2.05) is 21.6 Å². The molecule has 1 saturated heterocycles. The van der Waals surface area contributed by atoms with Crippen molar-refractivity contribution in [3.8, 4) is 0 Å². The lowest BCUT2D eigenvalue weighted by Gasteiger charge is -2.07. The Morgan fingerprint density at radius 2 is 2.12 bits per heavy atom. The Kier molecular flexibility index (Phi) is 7.51. The fourth-order valence-corrected chi connectivity index (χ4v) is 4.65. The van der Waals surface area contributed by atoms with Gasteiger partial charge in [-0.3, -0.25) is 9.59 Å². The highest BCUT2D eigenvalue weighted by Crippen LogP contribution is 2.39. The monoisotopic (exact) mass is 277 g/mol. The molecule has 1 rings (SSSR count). The molecule has 98 valence electrons. The number of hydrogen-bond donors (Lipinski definition) is 2. The van der Waals surface area contributed by atoms with Crippen LogP contribution in [0.25, 0.3) is 0 Å². The molecule has 1 aliphatic heterocycles. The number of unbranched alkanes of at least 4 members (excludes halogenated alkanes) is 1. The number of nitrogens with one attached hydrogen (secondary N) is 1. The van der Waals surface area contributed by atoms with Crippen molar-refractivity contribution in [3.63, 3.8) is 0 Å². The molecule has 1 atom stereocenters. The molecule has 2 N–H and O–H groups in total. The zero-order valence-corrected chi connectivity index (χ0v) is 11.4. The summed E-state index contributed by atoms with van der Waals surface area (Å²) in [5.74, 6) is 0.353. The van der Waals surface area contributed by atoms with Gasteiger partial charge in [0.05, 0.1) is 6.42 Å². The third-order valence-electron chi connectivity index (χ3n) is 2.57. The van der Waals surface area contributed by atoms with Crippen LogP contribution >= 0.6 is 21.6 Å². The summed E-state index contributed by atoms with van der Waals surface area (Å²) in [4.78, 5) is 21.5. The van der Waals surface area contributed by atoms with Crippen LogP contribution in [0.3, 0.4) is 0 Å². The standard InChI is InChI=1S/C11H19NO3S2/c13-10(12-7-5-11(14)15)4-2-1-3-9-6-8-16-17-9/h9H,1-8H2,(H,12,13)(H,14,15)/t9-/m1/s1. The van der Waals surface area contributed by atoms with E-state index < -0.39 is 5.97 Å². The first-order chi connectivity index (χ1) is 8.18. The van der Waals surface area contributed by atoms with Crippen molar-refractivity contribution in [3.05, 3.63) is 0 Å². The van der Waals surface area contributed by atoms with Crippen molar-refractivity contribution in [2.24, 2.45) is 0 Å². The van der Waals surface area contributed by atoms with E-state index in [1.165, 1.54) is 18.6 Å². The second kappa shape index (κ2) is 8.69. The zero-order valence-electron chi connectivity index (χ0n) is 9.81. The van der Waals surface area contributed by atoms with E-state index >= 15 is 0 Å². The first-order valence-electron chi connectivity index (χ1n) is 5.95. The molecule has 0 aromatic heterocycles. The number of carboxylic acid groups (broad SMARTS) is 1. The first kappa shape index (κ1) is 14.7. The van der Waals surface area contributed by atoms with Gasteiger partial charge in [-0.05, 0) is 19.3 Å². The Morgan fingerprint density at radius 1 is 1.29 bits per heavy atom. The van der Waals surface area contributed by atoms with Crippen LogP contribution in [0.1, 0.15) is 38.5 Å². The second-order valence-electron chi connectivity index (χ2n) is 4.07. The quantitative estimate of drug-likeness (QED) is 0.526. The van der Waals surface area contributed by atoms with Gasteiger partial charge in [-0.15, -0.1) is 0 Å². The van der Waals surface area contributed by atoms with Crippen molar-refractivity contribution in [1.29, 1.82) is 0 Å². The highest BCUT2D eigenvalue weighted by molar-refractivity contribution is 8.77. The Balaban J connectivity index is 1.90. The number of carbonyl (C=O) groups excluding carboxylic acids is 1. The second-order valence-corrected chi connectivity index (χ2v) is 6.86. The topological polar surface area (TPSA) is 66.4 Å². The fourth-order valence-electron chi connectivity index (χ4n) is 1.62.